The second kappa shape index (κ2) is 7.90. The van der Waals surface area contributed by atoms with Gasteiger partial charge in [-0.2, -0.15) is 5.10 Å². The number of thiazole rings is 1. The summed E-state index contributed by atoms with van der Waals surface area (Å²) in [6, 6.07) is 6.49. The zero-order chi connectivity index (χ0) is 17.3. The van der Waals surface area contributed by atoms with Gasteiger partial charge in [-0.25, -0.2) is 9.37 Å². The van der Waals surface area contributed by atoms with Gasteiger partial charge in [-0.15, -0.1) is 12.4 Å². The Balaban J connectivity index is 0.00000225. The van der Waals surface area contributed by atoms with E-state index >= 15 is 0 Å². The molecule has 2 heterocycles. The van der Waals surface area contributed by atoms with Crippen LogP contribution in [0.2, 0.25) is 0 Å². The number of carbonyl (C=O) groups excluding carboxylic acids is 1. The maximum absolute atomic E-state index is 13.9. The molecule has 25 heavy (non-hydrogen) atoms. The number of amides is 1. The molecule has 3 aromatic rings. The summed E-state index contributed by atoms with van der Waals surface area (Å²) in [6.07, 6.45) is 1.58. The van der Waals surface area contributed by atoms with Crippen LogP contribution in [0.25, 0.3) is 10.2 Å². The van der Waals surface area contributed by atoms with E-state index in [0.717, 1.165) is 4.70 Å². The van der Waals surface area contributed by atoms with Crippen LogP contribution in [0.15, 0.2) is 30.5 Å². The van der Waals surface area contributed by atoms with Gasteiger partial charge in [-0.3, -0.25) is 14.4 Å². The topological polar surface area (TPSA) is 54.3 Å². The Kier molecular flexibility index (Phi) is 6.10. The summed E-state index contributed by atoms with van der Waals surface area (Å²) in [4.78, 5) is 20.8. The summed E-state index contributed by atoms with van der Waals surface area (Å²) in [5.74, 6) is -0.577. The average Bonchev–Trinajstić information content (AvgIpc) is 3.14. The minimum absolute atomic E-state index is 0. The minimum Gasteiger partial charge on any atom is -0.308 e. The molecule has 0 fully saturated rings. The number of likely N-dealkylation sites (N-methyl/N-ethyl adjacent to an activating group) is 1. The summed E-state index contributed by atoms with van der Waals surface area (Å²) in [5, 5.41) is 4.54. The summed E-state index contributed by atoms with van der Waals surface area (Å²) >= 11 is 1.31. The number of halogens is 2. The number of aryl methyl sites for hydroxylation is 1. The first-order valence-electron chi connectivity index (χ1n) is 7.47. The van der Waals surface area contributed by atoms with Crippen molar-refractivity contribution in [2.45, 2.75) is 0 Å². The number of anilines is 1. The van der Waals surface area contributed by atoms with Gasteiger partial charge >= 0.3 is 0 Å². The van der Waals surface area contributed by atoms with E-state index in [2.05, 4.69) is 10.1 Å². The molecule has 0 saturated carbocycles. The van der Waals surface area contributed by atoms with Gasteiger partial charge in [0.05, 0.1) is 4.70 Å². The third-order valence-electron chi connectivity index (χ3n) is 3.65. The molecule has 0 saturated heterocycles. The molecule has 0 aliphatic heterocycles. The molecule has 134 valence electrons. The number of hydrogen-bond acceptors (Lipinski definition) is 5. The molecule has 0 N–H and O–H groups in total. The zero-order valence-corrected chi connectivity index (χ0v) is 15.8. The third kappa shape index (κ3) is 3.97. The number of rotatable bonds is 5. The van der Waals surface area contributed by atoms with E-state index in [1.54, 1.807) is 36.3 Å². The van der Waals surface area contributed by atoms with Crippen molar-refractivity contribution in [3.05, 3.63) is 42.0 Å². The lowest BCUT2D eigenvalue weighted by atomic mass is 10.3. The van der Waals surface area contributed by atoms with Crippen molar-refractivity contribution >= 4 is 45.0 Å². The standard InChI is InChI=1S/C16H18FN5OS.ClH/c1-20(2)9-10-22(15(23)12-7-8-18-21(12)3)16-19-14-11(17)5-4-6-13(14)24-16;/h4-8H,9-10H2,1-3H3;1H. The summed E-state index contributed by atoms with van der Waals surface area (Å²) < 4.78 is 16.2. The van der Waals surface area contributed by atoms with Crippen LogP contribution in [0.3, 0.4) is 0 Å². The Morgan fingerprint density at radius 1 is 1.28 bits per heavy atom. The van der Waals surface area contributed by atoms with Gasteiger partial charge in [0.1, 0.15) is 17.0 Å². The van der Waals surface area contributed by atoms with Gasteiger partial charge in [-0.1, -0.05) is 17.4 Å². The van der Waals surface area contributed by atoms with Gasteiger partial charge in [0.2, 0.25) is 0 Å². The summed E-state index contributed by atoms with van der Waals surface area (Å²) in [6.45, 7) is 1.13. The Morgan fingerprint density at radius 2 is 2.04 bits per heavy atom. The number of fused-ring (bicyclic) bond motifs is 1. The number of nitrogens with zero attached hydrogens (tertiary/aromatic N) is 5. The van der Waals surface area contributed by atoms with Crippen molar-refractivity contribution in [2.75, 3.05) is 32.1 Å². The van der Waals surface area contributed by atoms with E-state index in [1.807, 2.05) is 19.0 Å². The van der Waals surface area contributed by atoms with Crippen molar-refractivity contribution in [2.24, 2.45) is 7.05 Å². The van der Waals surface area contributed by atoms with Gasteiger partial charge in [0.15, 0.2) is 5.13 Å². The Hall–Kier alpha value is -2.03. The molecule has 0 radical (unpaired) electrons. The Morgan fingerprint density at radius 3 is 2.64 bits per heavy atom. The summed E-state index contributed by atoms with van der Waals surface area (Å²) in [7, 11) is 5.59. The first-order chi connectivity index (χ1) is 11.5. The SMILES string of the molecule is CN(C)CCN(C(=O)c1ccnn1C)c1nc2c(F)cccc2s1.Cl. The predicted octanol–water partition coefficient (Wildman–Crippen LogP) is 2.80. The molecule has 1 aromatic carbocycles. The number of hydrogen-bond donors (Lipinski definition) is 0. The number of para-hydroxylation sites is 1. The van der Waals surface area contributed by atoms with Crippen LogP contribution in [0.5, 0.6) is 0 Å². The second-order valence-corrected chi connectivity index (χ2v) is 6.69. The van der Waals surface area contributed by atoms with E-state index in [1.165, 1.54) is 22.1 Å². The monoisotopic (exact) mass is 383 g/mol. The fourth-order valence-corrected chi connectivity index (χ4v) is 3.33. The lowest BCUT2D eigenvalue weighted by molar-refractivity contribution is 0.0976. The molecule has 0 spiro atoms. The maximum Gasteiger partial charge on any atom is 0.278 e. The first-order valence-corrected chi connectivity index (χ1v) is 8.28. The first kappa shape index (κ1) is 19.3. The highest BCUT2D eigenvalue weighted by Gasteiger charge is 2.24. The molecule has 0 unspecified atom stereocenters. The quantitative estimate of drug-likeness (QED) is 0.679. The van der Waals surface area contributed by atoms with E-state index in [4.69, 9.17) is 0 Å². The van der Waals surface area contributed by atoms with Gasteiger partial charge in [-0.05, 0) is 32.3 Å². The fourth-order valence-electron chi connectivity index (χ4n) is 2.32. The normalized spacial score (nSPS) is 10.9. The average molecular weight is 384 g/mol. The van der Waals surface area contributed by atoms with Crippen LogP contribution in [0.4, 0.5) is 9.52 Å². The van der Waals surface area contributed by atoms with Crippen LogP contribution in [0.1, 0.15) is 10.5 Å². The van der Waals surface area contributed by atoms with Crippen LogP contribution >= 0.6 is 23.7 Å². The zero-order valence-electron chi connectivity index (χ0n) is 14.1. The number of benzene rings is 1. The minimum atomic E-state index is -0.379. The molecule has 1 amide bonds. The largest absolute Gasteiger partial charge is 0.308 e. The Labute approximate surface area is 155 Å². The van der Waals surface area contributed by atoms with Gasteiger partial charge < -0.3 is 4.90 Å². The van der Waals surface area contributed by atoms with Crippen molar-refractivity contribution in [3.8, 4) is 0 Å². The highest BCUT2D eigenvalue weighted by Crippen LogP contribution is 2.30. The highest BCUT2D eigenvalue weighted by atomic mass is 35.5. The molecule has 0 aliphatic rings. The van der Waals surface area contributed by atoms with Crippen LogP contribution < -0.4 is 4.90 Å². The Bertz CT molecular complexity index is 878. The molecule has 0 atom stereocenters. The molecule has 6 nitrogen and oxygen atoms in total. The third-order valence-corrected chi connectivity index (χ3v) is 4.69. The molecular weight excluding hydrogens is 365 g/mol. The smallest absolute Gasteiger partial charge is 0.278 e. The fraction of sp³-hybridized carbons (Fsp3) is 0.312. The van der Waals surface area contributed by atoms with Gasteiger partial charge in [0.25, 0.3) is 5.91 Å². The molecule has 0 bridgehead atoms. The van der Waals surface area contributed by atoms with E-state index < -0.39 is 0 Å². The van der Waals surface area contributed by atoms with E-state index in [0.29, 0.717) is 29.4 Å². The van der Waals surface area contributed by atoms with Gasteiger partial charge in [0, 0.05) is 26.3 Å². The number of carbonyl (C=O) groups is 1. The summed E-state index contributed by atoms with van der Waals surface area (Å²) in [5.41, 5.74) is 0.763. The molecule has 9 heteroatoms. The van der Waals surface area contributed by atoms with Crippen molar-refractivity contribution in [1.29, 1.82) is 0 Å². The van der Waals surface area contributed by atoms with E-state index in [9.17, 15) is 9.18 Å². The molecule has 0 aliphatic carbocycles. The number of aromatic nitrogens is 3. The maximum atomic E-state index is 13.9. The lowest BCUT2D eigenvalue weighted by Gasteiger charge is -2.21. The highest BCUT2D eigenvalue weighted by molar-refractivity contribution is 7.22. The van der Waals surface area contributed by atoms with E-state index in [-0.39, 0.29) is 24.1 Å². The van der Waals surface area contributed by atoms with Crippen molar-refractivity contribution in [3.63, 3.8) is 0 Å². The lowest BCUT2D eigenvalue weighted by Crippen LogP contribution is -2.37. The molecule has 2 aromatic heterocycles. The van der Waals surface area contributed by atoms with Crippen molar-refractivity contribution in [1.82, 2.24) is 19.7 Å². The molecular formula is C16H19ClFN5OS. The van der Waals surface area contributed by atoms with Crippen LogP contribution in [0, 0.1) is 5.82 Å². The van der Waals surface area contributed by atoms with Crippen LogP contribution in [-0.4, -0.2) is 52.8 Å². The van der Waals surface area contributed by atoms with Crippen molar-refractivity contribution < 1.29 is 9.18 Å². The molecule has 3 rings (SSSR count). The van der Waals surface area contributed by atoms with Crippen LogP contribution in [-0.2, 0) is 7.05 Å². The predicted molar refractivity (Wildman–Crippen MR) is 100 cm³/mol. The second-order valence-electron chi connectivity index (χ2n) is 5.68.